The predicted molar refractivity (Wildman–Crippen MR) is 31.4 cm³/mol. The molecule has 0 bridgehead atoms. The van der Waals surface area contributed by atoms with Gasteiger partial charge in [0.25, 0.3) is 0 Å². The molecule has 1 aliphatic rings. The maximum atomic E-state index is 3.78. The molecule has 0 N–H and O–H groups in total. The Morgan fingerprint density at radius 1 is 1.75 bits per heavy atom. The Morgan fingerprint density at radius 2 is 2.62 bits per heavy atom. The molecular weight excluding hydrogens is 102 g/mol. The third-order valence-corrected chi connectivity index (χ3v) is 0.868. The molecule has 3 heteroatoms. The Kier molecular flexibility index (Phi) is 1.45. The van der Waals surface area contributed by atoms with Crippen molar-refractivity contribution in [2.45, 2.75) is 6.92 Å². The van der Waals surface area contributed by atoms with Crippen molar-refractivity contribution in [3.63, 3.8) is 0 Å². The summed E-state index contributed by atoms with van der Waals surface area (Å²) in [4.78, 5) is 3.64. The van der Waals surface area contributed by atoms with E-state index in [0.717, 1.165) is 6.54 Å². The molecule has 1 heterocycles. The van der Waals surface area contributed by atoms with Crippen LogP contribution in [0.5, 0.6) is 0 Å². The topological polar surface area (TPSA) is 28.0 Å². The van der Waals surface area contributed by atoms with E-state index in [2.05, 4.69) is 16.1 Å². The summed E-state index contributed by atoms with van der Waals surface area (Å²) in [5, 5.41) is 5.53. The van der Waals surface area contributed by atoms with E-state index in [1.807, 2.05) is 6.92 Å². The van der Waals surface area contributed by atoms with Gasteiger partial charge in [0.1, 0.15) is 6.01 Å². The highest BCUT2D eigenvalue weighted by Gasteiger charge is 1.88. The van der Waals surface area contributed by atoms with Gasteiger partial charge in [0, 0.05) is 12.7 Å². The van der Waals surface area contributed by atoms with Crippen LogP contribution in [0.2, 0.25) is 0 Å². The Balaban J connectivity index is 2.62. The van der Waals surface area contributed by atoms with E-state index in [4.69, 9.17) is 0 Å². The smallest absolute Gasteiger partial charge is 0.120 e. The van der Waals surface area contributed by atoms with Crippen molar-refractivity contribution >= 4 is 6.01 Å². The molecule has 0 aromatic heterocycles. The van der Waals surface area contributed by atoms with Crippen LogP contribution in [0.25, 0.3) is 0 Å². The van der Waals surface area contributed by atoms with Gasteiger partial charge in [-0.2, -0.15) is 4.99 Å². The predicted octanol–water partition coefficient (Wildman–Crippen LogP) is 0.882. The molecule has 1 rings (SSSR count). The zero-order chi connectivity index (χ0) is 5.82. The van der Waals surface area contributed by atoms with E-state index >= 15 is 0 Å². The summed E-state index contributed by atoms with van der Waals surface area (Å²) in [6, 6.07) is 2.47. The first-order valence-corrected chi connectivity index (χ1v) is 2.52. The minimum atomic E-state index is 0.874. The third-order valence-electron chi connectivity index (χ3n) is 0.868. The number of nitrogens with zero attached hydrogens (tertiary/aromatic N) is 3. The molecule has 0 aromatic rings. The molecule has 1 aliphatic heterocycles. The van der Waals surface area contributed by atoms with Crippen LogP contribution >= 0.6 is 0 Å². The van der Waals surface area contributed by atoms with Gasteiger partial charge in [0.2, 0.25) is 0 Å². The lowest BCUT2D eigenvalue weighted by Gasteiger charge is -2.07. The van der Waals surface area contributed by atoms with Gasteiger partial charge in [-0.15, -0.1) is 5.10 Å². The van der Waals surface area contributed by atoms with Gasteiger partial charge in [-0.25, -0.2) is 0 Å². The average molecular weight is 109 g/mol. The molecule has 0 spiro atoms. The highest BCUT2D eigenvalue weighted by molar-refractivity contribution is 5.43. The van der Waals surface area contributed by atoms with Crippen molar-refractivity contribution in [3.05, 3.63) is 12.4 Å². The lowest BCUT2D eigenvalue weighted by molar-refractivity contribution is 0.421. The van der Waals surface area contributed by atoms with Gasteiger partial charge < -0.3 is 0 Å². The van der Waals surface area contributed by atoms with Crippen LogP contribution < -0.4 is 0 Å². The zero-order valence-electron chi connectivity index (χ0n) is 4.70. The van der Waals surface area contributed by atoms with Crippen LogP contribution in [0.3, 0.4) is 0 Å². The van der Waals surface area contributed by atoms with Gasteiger partial charge in [-0.3, -0.25) is 5.01 Å². The molecule has 0 amide bonds. The molecule has 3 nitrogen and oxygen atoms in total. The van der Waals surface area contributed by atoms with Crippen molar-refractivity contribution in [1.29, 1.82) is 0 Å². The zero-order valence-corrected chi connectivity index (χ0v) is 4.70. The minimum Gasteiger partial charge on any atom is -0.262 e. The second-order valence-corrected chi connectivity index (χ2v) is 1.38. The summed E-state index contributed by atoms with van der Waals surface area (Å²) in [7, 11) is 0. The highest BCUT2D eigenvalue weighted by atomic mass is 15.4. The highest BCUT2D eigenvalue weighted by Crippen LogP contribution is 1.91. The van der Waals surface area contributed by atoms with Crippen molar-refractivity contribution in [3.8, 4) is 0 Å². The van der Waals surface area contributed by atoms with E-state index < -0.39 is 0 Å². The molecule has 0 saturated carbocycles. The number of hydrazone groups is 1. The summed E-state index contributed by atoms with van der Waals surface area (Å²) in [5.74, 6) is 0. The lowest BCUT2D eigenvalue weighted by Crippen LogP contribution is -2.08. The second-order valence-electron chi connectivity index (χ2n) is 1.38. The fraction of sp³-hybridized carbons (Fsp3) is 0.400. The lowest BCUT2D eigenvalue weighted by atomic mass is 10.7. The van der Waals surface area contributed by atoms with Crippen molar-refractivity contribution in [2.24, 2.45) is 10.1 Å². The molecule has 0 unspecified atom stereocenters. The van der Waals surface area contributed by atoms with Crippen LogP contribution in [-0.4, -0.2) is 17.6 Å². The number of aliphatic imine (C=N–C) groups is 1. The molecule has 0 fully saturated rings. The Labute approximate surface area is 48.0 Å². The van der Waals surface area contributed by atoms with E-state index in [0.29, 0.717) is 0 Å². The molecule has 0 saturated heterocycles. The van der Waals surface area contributed by atoms with Crippen LogP contribution in [0, 0.1) is 0 Å². The quantitative estimate of drug-likeness (QED) is 0.491. The number of rotatable bonds is 1. The van der Waals surface area contributed by atoms with Crippen molar-refractivity contribution in [1.82, 2.24) is 5.01 Å². The second kappa shape index (κ2) is 2.28. The Morgan fingerprint density at radius 3 is 3.00 bits per heavy atom. The van der Waals surface area contributed by atoms with Gasteiger partial charge in [-0.05, 0) is 6.92 Å². The van der Waals surface area contributed by atoms with E-state index in [1.165, 1.54) is 0 Å². The monoisotopic (exact) mass is 109 g/mol. The fourth-order valence-electron chi connectivity index (χ4n) is 0.436. The summed E-state index contributed by atoms with van der Waals surface area (Å²) in [6.45, 7) is 2.89. The van der Waals surface area contributed by atoms with Gasteiger partial charge in [0.15, 0.2) is 0 Å². The summed E-state index contributed by atoms with van der Waals surface area (Å²) >= 11 is 0. The normalized spacial score (nSPS) is 15.4. The van der Waals surface area contributed by atoms with Crippen LogP contribution in [0.1, 0.15) is 6.92 Å². The maximum absolute atomic E-state index is 3.78. The molecule has 42 valence electrons. The minimum absolute atomic E-state index is 0.874. The van der Waals surface area contributed by atoms with E-state index in [9.17, 15) is 0 Å². The SMILES string of the molecule is CCN1C=CN=C=N1. The average Bonchev–Trinajstić information content (AvgIpc) is 1.90. The first-order chi connectivity index (χ1) is 3.93. The van der Waals surface area contributed by atoms with Gasteiger partial charge in [-0.1, -0.05) is 0 Å². The fourth-order valence-corrected chi connectivity index (χ4v) is 0.436. The first-order valence-electron chi connectivity index (χ1n) is 2.52. The van der Waals surface area contributed by atoms with Crippen LogP contribution in [0.15, 0.2) is 22.5 Å². The number of hydrogen-bond acceptors (Lipinski definition) is 3. The van der Waals surface area contributed by atoms with Gasteiger partial charge >= 0.3 is 0 Å². The van der Waals surface area contributed by atoms with Crippen molar-refractivity contribution in [2.75, 3.05) is 6.54 Å². The summed E-state index contributed by atoms with van der Waals surface area (Å²) in [5.41, 5.74) is 0. The summed E-state index contributed by atoms with van der Waals surface area (Å²) in [6.07, 6.45) is 3.47. The molecular formula is C5H7N3. The first kappa shape index (κ1) is 5.06. The van der Waals surface area contributed by atoms with Crippen LogP contribution in [0.4, 0.5) is 0 Å². The van der Waals surface area contributed by atoms with E-state index in [-0.39, 0.29) is 0 Å². The molecule has 0 atom stereocenters. The third kappa shape index (κ3) is 0.950. The molecule has 0 radical (unpaired) electrons. The number of hydrogen-bond donors (Lipinski definition) is 0. The molecule has 0 aliphatic carbocycles. The molecule has 0 aromatic carbocycles. The Hall–Kier alpha value is -1.08. The van der Waals surface area contributed by atoms with Crippen molar-refractivity contribution < 1.29 is 0 Å². The van der Waals surface area contributed by atoms with Crippen LogP contribution in [-0.2, 0) is 0 Å². The van der Waals surface area contributed by atoms with Gasteiger partial charge in [0.05, 0.1) is 6.20 Å². The maximum Gasteiger partial charge on any atom is 0.120 e. The Bertz CT molecular complexity index is 153. The summed E-state index contributed by atoms with van der Waals surface area (Å²) < 4.78 is 0. The van der Waals surface area contributed by atoms with E-state index in [1.54, 1.807) is 17.4 Å². The largest absolute Gasteiger partial charge is 0.262 e. The standard InChI is InChI=1S/C5H7N3/c1-2-8-4-3-6-5-7-8/h3-4H,2H2,1H3. The molecule has 8 heavy (non-hydrogen) atoms.